The zero-order valence-electron chi connectivity index (χ0n) is 18.4. The zero-order chi connectivity index (χ0) is 25.4. The first-order valence-corrected chi connectivity index (χ1v) is 11.4. The number of ketones is 1. The van der Waals surface area contributed by atoms with Crippen molar-refractivity contribution in [1.82, 2.24) is 10.0 Å². The number of amides is 3. The lowest BCUT2D eigenvalue weighted by Gasteiger charge is -2.30. The molecule has 2 aliphatic rings. The summed E-state index contributed by atoms with van der Waals surface area (Å²) in [5.41, 5.74) is -0.344. The van der Waals surface area contributed by atoms with Crippen LogP contribution in [0.25, 0.3) is 0 Å². The van der Waals surface area contributed by atoms with E-state index in [1.165, 1.54) is 36.4 Å². The predicted molar refractivity (Wildman–Crippen MR) is 127 cm³/mol. The summed E-state index contributed by atoms with van der Waals surface area (Å²) < 4.78 is 0. The number of Topliss-reactive ketones (excluding diaryl/α,β-unsaturated/α-hetero) is 1. The number of carbonyl (C=O) groups is 4. The van der Waals surface area contributed by atoms with Crippen molar-refractivity contribution < 1.29 is 24.1 Å². The zero-order valence-corrected chi connectivity index (χ0v) is 19.9. The third kappa shape index (κ3) is 4.56. The second kappa shape index (κ2) is 9.59. The molecule has 9 nitrogen and oxygen atoms in total. The highest BCUT2D eigenvalue weighted by Crippen LogP contribution is 2.39. The fraction of sp³-hybridized carbons (Fsp3) is 0.250. The number of hydrazine groups is 1. The molecule has 0 radical (unpaired) electrons. The average Bonchev–Trinajstić information content (AvgIpc) is 3.09. The van der Waals surface area contributed by atoms with Gasteiger partial charge in [-0.25, -0.2) is 5.01 Å². The van der Waals surface area contributed by atoms with Crippen LogP contribution in [-0.4, -0.2) is 45.0 Å². The largest absolute Gasteiger partial charge is 0.292 e. The van der Waals surface area contributed by atoms with Crippen molar-refractivity contribution in [3.8, 4) is 0 Å². The van der Waals surface area contributed by atoms with Crippen molar-refractivity contribution in [3.05, 3.63) is 85.9 Å². The van der Waals surface area contributed by atoms with Crippen molar-refractivity contribution in [2.24, 2.45) is 17.8 Å². The highest BCUT2D eigenvalue weighted by molar-refractivity contribution is 6.42. The lowest BCUT2D eigenvalue weighted by atomic mass is 9.78. The van der Waals surface area contributed by atoms with Gasteiger partial charge in [-0.1, -0.05) is 54.4 Å². The van der Waals surface area contributed by atoms with Gasteiger partial charge in [0, 0.05) is 23.3 Å². The molecular weight excluding hydrogens is 497 g/mol. The molecule has 0 bridgehead atoms. The van der Waals surface area contributed by atoms with Gasteiger partial charge in [0.1, 0.15) is 6.54 Å². The van der Waals surface area contributed by atoms with Crippen LogP contribution in [0.4, 0.5) is 5.69 Å². The van der Waals surface area contributed by atoms with Gasteiger partial charge in [0.2, 0.25) is 0 Å². The maximum atomic E-state index is 13.5. The molecule has 180 valence electrons. The number of rotatable bonds is 6. The summed E-state index contributed by atoms with van der Waals surface area (Å²) in [4.78, 5) is 63.7. The smallest absolute Gasteiger partial charge is 0.273 e. The number of nitro groups is 1. The fourth-order valence-electron chi connectivity index (χ4n) is 4.40. The van der Waals surface area contributed by atoms with Crippen LogP contribution in [0.15, 0.2) is 54.6 Å². The predicted octanol–water partition coefficient (Wildman–Crippen LogP) is 4.34. The third-order valence-electron chi connectivity index (χ3n) is 6.16. The molecule has 0 saturated carbocycles. The number of nitro benzene ring substituents is 1. The first-order chi connectivity index (χ1) is 16.6. The Bertz CT molecular complexity index is 1290. The monoisotopic (exact) mass is 515 g/mol. The molecule has 3 atom stereocenters. The molecule has 2 aromatic rings. The van der Waals surface area contributed by atoms with Gasteiger partial charge in [0.05, 0.1) is 26.8 Å². The van der Waals surface area contributed by atoms with Crippen LogP contribution < -0.4 is 0 Å². The summed E-state index contributed by atoms with van der Waals surface area (Å²) in [6.07, 6.45) is 4.00. The Balaban J connectivity index is 1.73. The van der Waals surface area contributed by atoms with Crippen molar-refractivity contribution in [2.45, 2.75) is 13.3 Å². The quantitative estimate of drug-likeness (QED) is 0.185. The van der Waals surface area contributed by atoms with Crippen LogP contribution in [0.5, 0.6) is 0 Å². The summed E-state index contributed by atoms with van der Waals surface area (Å²) in [6.45, 7) is 1.11. The van der Waals surface area contributed by atoms with Crippen molar-refractivity contribution in [3.63, 3.8) is 0 Å². The number of benzene rings is 2. The number of nitrogens with zero attached hydrogens (tertiary/aromatic N) is 3. The van der Waals surface area contributed by atoms with Crippen LogP contribution in [-0.2, 0) is 9.59 Å². The second-order valence-electron chi connectivity index (χ2n) is 8.37. The number of hydrogen-bond donors (Lipinski definition) is 0. The molecule has 11 heteroatoms. The minimum Gasteiger partial charge on any atom is -0.292 e. The summed E-state index contributed by atoms with van der Waals surface area (Å²) in [5.74, 6) is -4.23. The van der Waals surface area contributed by atoms with Crippen LogP contribution in [0.2, 0.25) is 10.0 Å². The SMILES string of the molecule is C[C@@H]1C=CC[C@@H]2C(=O)N(N(CC(=O)c3cccc([N+](=O)[O-])c3)C(=O)c3ccc(Cl)c(Cl)c3)C(=O)[C@@H]12. The van der Waals surface area contributed by atoms with Crippen LogP contribution in [0, 0.1) is 27.9 Å². The van der Waals surface area contributed by atoms with Crippen LogP contribution >= 0.6 is 23.2 Å². The van der Waals surface area contributed by atoms with E-state index in [2.05, 4.69) is 0 Å². The lowest BCUT2D eigenvalue weighted by molar-refractivity contribution is -0.384. The summed E-state index contributed by atoms with van der Waals surface area (Å²) in [6, 6.07) is 9.02. The molecule has 4 rings (SSSR count). The number of imide groups is 1. The van der Waals surface area contributed by atoms with Crippen molar-refractivity contribution in [2.75, 3.05) is 6.54 Å². The molecule has 1 fully saturated rings. The average molecular weight is 516 g/mol. The minimum absolute atomic E-state index is 0.00730. The topological polar surface area (TPSA) is 118 Å². The van der Waals surface area contributed by atoms with E-state index in [9.17, 15) is 29.3 Å². The van der Waals surface area contributed by atoms with Crippen molar-refractivity contribution >= 4 is 52.4 Å². The van der Waals surface area contributed by atoms with Gasteiger partial charge >= 0.3 is 0 Å². The third-order valence-corrected chi connectivity index (χ3v) is 6.90. The first-order valence-electron chi connectivity index (χ1n) is 10.7. The van der Waals surface area contributed by atoms with Gasteiger partial charge in [0.15, 0.2) is 5.78 Å². The second-order valence-corrected chi connectivity index (χ2v) is 9.18. The molecule has 1 heterocycles. The summed E-state index contributed by atoms with van der Waals surface area (Å²) in [7, 11) is 0. The number of hydrogen-bond acceptors (Lipinski definition) is 6. The maximum Gasteiger partial charge on any atom is 0.273 e. The highest BCUT2D eigenvalue weighted by Gasteiger charge is 2.53. The molecule has 0 aromatic heterocycles. The van der Waals surface area contributed by atoms with Gasteiger partial charge in [0.25, 0.3) is 23.4 Å². The molecule has 0 unspecified atom stereocenters. The number of non-ortho nitro benzene ring substituents is 1. The molecule has 3 amide bonds. The Kier molecular flexibility index (Phi) is 6.73. The van der Waals surface area contributed by atoms with E-state index < -0.39 is 46.8 Å². The van der Waals surface area contributed by atoms with Gasteiger partial charge in [-0.15, -0.1) is 0 Å². The maximum absolute atomic E-state index is 13.5. The molecule has 35 heavy (non-hydrogen) atoms. The first kappa shape index (κ1) is 24.6. The van der Waals surface area contributed by atoms with E-state index >= 15 is 0 Å². The van der Waals surface area contributed by atoms with Gasteiger partial charge in [-0.2, -0.15) is 5.01 Å². The summed E-state index contributed by atoms with van der Waals surface area (Å²) >= 11 is 12.0. The number of halogens is 2. The number of allylic oxidation sites excluding steroid dienone is 2. The molecule has 0 spiro atoms. The van der Waals surface area contributed by atoms with Gasteiger partial charge in [-0.3, -0.25) is 29.3 Å². The highest BCUT2D eigenvalue weighted by atomic mass is 35.5. The van der Waals surface area contributed by atoms with Gasteiger partial charge < -0.3 is 0 Å². The minimum atomic E-state index is -0.816. The van der Waals surface area contributed by atoms with Gasteiger partial charge in [-0.05, 0) is 30.5 Å². The Labute approximate surface area is 210 Å². The Morgan fingerprint density at radius 3 is 2.49 bits per heavy atom. The van der Waals surface area contributed by atoms with E-state index in [1.54, 1.807) is 6.92 Å². The molecule has 1 saturated heterocycles. The Morgan fingerprint density at radius 2 is 1.83 bits per heavy atom. The molecule has 2 aromatic carbocycles. The van der Waals surface area contributed by atoms with Crippen LogP contribution in [0.1, 0.15) is 34.1 Å². The number of fused-ring (bicyclic) bond motifs is 1. The lowest BCUT2D eigenvalue weighted by Crippen LogP contribution is -2.52. The standard InChI is InChI=1S/C24H19Cl2N3O6/c1-13-4-2-7-17-21(13)24(33)28(23(17)32)27(22(31)15-8-9-18(25)19(26)11-15)12-20(30)14-5-3-6-16(10-14)29(34)35/h2-6,8-11,13,17,21H,7,12H2,1H3/t13-,17+,21+/m1/s1. The van der Waals surface area contributed by atoms with E-state index in [0.29, 0.717) is 6.42 Å². The van der Waals surface area contributed by atoms with E-state index in [-0.39, 0.29) is 32.8 Å². The normalized spacial score (nSPS) is 21.1. The van der Waals surface area contributed by atoms with E-state index in [4.69, 9.17) is 23.2 Å². The van der Waals surface area contributed by atoms with Crippen LogP contribution in [0.3, 0.4) is 0 Å². The summed E-state index contributed by atoms with van der Waals surface area (Å²) in [5, 5.41) is 12.9. The molecule has 1 aliphatic heterocycles. The molecule has 1 aliphatic carbocycles. The molecule has 0 N–H and O–H groups in total. The van der Waals surface area contributed by atoms with E-state index in [0.717, 1.165) is 16.1 Å². The Morgan fingerprint density at radius 1 is 1.09 bits per heavy atom. The fourth-order valence-corrected chi connectivity index (χ4v) is 4.70. The Hall–Kier alpha value is -3.56. The van der Waals surface area contributed by atoms with E-state index in [1.807, 2.05) is 12.2 Å². The molecular formula is C24H19Cl2N3O6. The number of carbonyl (C=O) groups excluding carboxylic acids is 4. The van der Waals surface area contributed by atoms with Crippen molar-refractivity contribution in [1.29, 1.82) is 0 Å².